The fourth-order valence-corrected chi connectivity index (χ4v) is 8.52. The molecule has 0 aliphatic heterocycles. The molecule has 0 fully saturated rings. The molecule has 3 unspecified atom stereocenters. The number of aliphatic hydroxyl groups excluding tert-OH is 1. The van der Waals surface area contributed by atoms with Crippen molar-refractivity contribution in [3.63, 3.8) is 0 Å². The van der Waals surface area contributed by atoms with Gasteiger partial charge in [-0.3, -0.25) is 23.4 Å². The lowest BCUT2D eigenvalue weighted by Crippen LogP contribution is -2.30. The van der Waals surface area contributed by atoms with Gasteiger partial charge in [0.2, 0.25) is 0 Å². The van der Waals surface area contributed by atoms with Gasteiger partial charge in [0.25, 0.3) is 0 Å². The summed E-state index contributed by atoms with van der Waals surface area (Å²) in [6.45, 7) is 4.37. The van der Waals surface area contributed by atoms with Crippen molar-refractivity contribution >= 4 is 25.7 Å². The summed E-state index contributed by atoms with van der Waals surface area (Å²) in [6.07, 6.45) is 73.0. The van der Waals surface area contributed by atoms with Crippen LogP contribution in [0.3, 0.4) is 0 Å². The topological polar surface area (TPSA) is 155 Å². The Kier molecular flexibility index (Phi) is 55.9. The van der Waals surface area contributed by atoms with Gasteiger partial charge in [0.05, 0.1) is 19.8 Å². The number of unbranched alkanes of at least 4 members (excludes halogenated alkanes) is 18. The largest absolute Gasteiger partial charge is 0.472 e. The Bertz CT molecular complexity index is 1770. The van der Waals surface area contributed by atoms with E-state index in [4.69, 9.17) is 23.3 Å². The normalized spacial score (nSPS) is 14.2. The van der Waals surface area contributed by atoms with E-state index in [-0.39, 0.29) is 25.9 Å². The second-order valence-electron chi connectivity index (χ2n) is 19.8. The number of allylic oxidation sites excluding steroid dienone is 20. The summed E-state index contributed by atoms with van der Waals surface area (Å²) in [5.74, 6) is -1.60. The van der Waals surface area contributed by atoms with Crippen molar-refractivity contribution in [2.24, 2.45) is 0 Å². The summed E-state index contributed by atoms with van der Waals surface area (Å²) in [5.41, 5.74) is 0. The van der Waals surface area contributed by atoms with Gasteiger partial charge in [0.15, 0.2) is 6.10 Å². The van der Waals surface area contributed by atoms with Crippen LogP contribution in [0.2, 0.25) is 0 Å². The first kappa shape index (κ1) is 73.9. The maximum Gasteiger partial charge on any atom is 0.472 e. The molecule has 0 aromatic heterocycles. The molecule has 78 heavy (non-hydrogen) atoms. The molecular formula is C66H109O11P. The molecular weight excluding hydrogens is 1000 g/mol. The third kappa shape index (κ3) is 56.6. The van der Waals surface area contributed by atoms with Crippen LogP contribution in [-0.4, -0.2) is 66.5 Å². The maximum absolute atomic E-state index is 12.9. The number of aliphatic hydroxyl groups is 1. The van der Waals surface area contributed by atoms with Crippen LogP contribution >= 0.6 is 7.82 Å². The Balaban J connectivity index is 4.86. The monoisotopic (exact) mass is 1110 g/mol. The van der Waals surface area contributed by atoms with Gasteiger partial charge in [-0.2, -0.15) is 0 Å². The van der Waals surface area contributed by atoms with Crippen molar-refractivity contribution in [3.8, 4) is 0 Å². The summed E-state index contributed by atoms with van der Waals surface area (Å²) in [5, 5.41) is 9.83. The van der Waals surface area contributed by atoms with Gasteiger partial charge in [-0.15, -0.1) is 0 Å². The molecule has 3 atom stereocenters. The average Bonchev–Trinajstić information content (AvgIpc) is 3.43. The molecule has 12 heteroatoms. The van der Waals surface area contributed by atoms with E-state index in [9.17, 15) is 28.9 Å². The SMILES string of the molecule is CC/C=C\C/C=C\C/C=C\C/C=C\C/C=C\C/C=C\CCC(=O)OCC(COP(=O)(O)OCC(CO)OC(=O)CCCCCCC/C=C\C/C=C\CCCCC)OC(=O)CCCCCCCCC/C=C\C/C=C\CCCCC. The summed E-state index contributed by atoms with van der Waals surface area (Å²) >= 11 is 0. The summed E-state index contributed by atoms with van der Waals surface area (Å²) < 4.78 is 39.5. The highest BCUT2D eigenvalue weighted by Gasteiger charge is 2.28. The van der Waals surface area contributed by atoms with Crippen molar-refractivity contribution in [3.05, 3.63) is 122 Å². The minimum atomic E-state index is -4.78. The second kappa shape index (κ2) is 59.0. The Morgan fingerprint density at radius 1 is 0.372 bits per heavy atom. The van der Waals surface area contributed by atoms with Crippen molar-refractivity contribution in [1.29, 1.82) is 0 Å². The number of phosphoric ester groups is 1. The van der Waals surface area contributed by atoms with Crippen LogP contribution in [0.4, 0.5) is 0 Å². The molecule has 0 aromatic carbocycles. The first-order valence-electron chi connectivity index (χ1n) is 30.4. The van der Waals surface area contributed by atoms with Crippen molar-refractivity contribution in [1.82, 2.24) is 0 Å². The Labute approximate surface area is 475 Å². The number of esters is 3. The van der Waals surface area contributed by atoms with Crippen LogP contribution in [0, 0.1) is 0 Å². The van der Waals surface area contributed by atoms with Crippen LogP contribution in [0.5, 0.6) is 0 Å². The van der Waals surface area contributed by atoms with Gasteiger partial charge in [-0.05, 0) is 122 Å². The standard InChI is InChI=1S/C66H109O11P/c1-4-7-10-13-16-19-22-25-28-30-31-33-35-37-40-43-46-49-52-55-64(68)73-59-63(77-66(70)57-54-51-48-45-42-39-36-32-29-26-23-20-17-14-11-8-5-2)61-75-78(71,72)74-60-62(58-67)76-65(69)56-53-50-47-44-41-38-34-27-24-21-18-15-12-9-6-3/h7,10,16-21,25-29,31,33-34,37,40,46,49,62-63,67H,4-6,8-9,11-15,22-24,30,32,35-36,38-39,41-45,47-48,50-61H2,1-3H3,(H,71,72)/b10-7-,19-16-,20-17-,21-18-,28-25-,29-26-,33-31-,34-27-,40-37-,49-46-. The minimum Gasteiger partial charge on any atom is -0.462 e. The van der Waals surface area contributed by atoms with E-state index in [0.717, 1.165) is 128 Å². The molecule has 0 aromatic rings. The molecule has 0 saturated carbocycles. The zero-order valence-corrected chi connectivity index (χ0v) is 50.0. The molecule has 0 aliphatic rings. The van der Waals surface area contributed by atoms with E-state index in [1.165, 1.54) is 51.4 Å². The molecule has 0 amide bonds. The number of carbonyl (C=O) groups excluding carboxylic acids is 3. The zero-order valence-electron chi connectivity index (χ0n) is 49.1. The van der Waals surface area contributed by atoms with Crippen LogP contribution in [0.1, 0.15) is 239 Å². The smallest absolute Gasteiger partial charge is 0.462 e. The molecule has 0 rings (SSSR count). The summed E-state index contributed by atoms with van der Waals surface area (Å²) in [7, 11) is -4.78. The highest BCUT2D eigenvalue weighted by Crippen LogP contribution is 2.43. The number of hydrogen-bond donors (Lipinski definition) is 2. The van der Waals surface area contributed by atoms with Crippen LogP contribution in [-0.2, 0) is 42.2 Å². The third-order valence-electron chi connectivity index (χ3n) is 12.4. The number of phosphoric acid groups is 1. The lowest BCUT2D eigenvalue weighted by atomic mass is 10.1. The molecule has 11 nitrogen and oxygen atoms in total. The predicted molar refractivity (Wildman–Crippen MR) is 325 cm³/mol. The van der Waals surface area contributed by atoms with Crippen LogP contribution < -0.4 is 0 Å². The number of hydrogen-bond acceptors (Lipinski definition) is 10. The molecule has 2 N–H and O–H groups in total. The third-order valence-corrected chi connectivity index (χ3v) is 13.3. The molecule has 0 radical (unpaired) electrons. The van der Waals surface area contributed by atoms with Gasteiger partial charge in [0.1, 0.15) is 12.7 Å². The van der Waals surface area contributed by atoms with E-state index in [0.29, 0.717) is 19.3 Å². The first-order chi connectivity index (χ1) is 38.2. The van der Waals surface area contributed by atoms with E-state index in [1.54, 1.807) is 0 Å². The molecule has 0 heterocycles. The summed E-state index contributed by atoms with van der Waals surface area (Å²) in [4.78, 5) is 48.6. The van der Waals surface area contributed by atoms with Gasteiger partial charge in [0, 0.05) is 19.3 Å². The van der Waals surface area contributed by atoms with Gasteiger partial charge in [-0.1, -0.05) is 219 Å². The van der Waals surface area contributed by atoms with E-state index in [2.05, 4.69) is 130 Å². The van der Waals surface area contributed by atoms with Gasteiger partial charge in [-0.25, -0.2) is 4.57 Å². The van der Waals surface area contributed by atoms with Crippen molar-refractivity contribution in [2.75, 3.05) is 26.4 Å². The molecule has 0 spiro atoms. The highest BCUT2D eigenvalue weighted by atomic mass is 31.2. The first-order valence-corrected chi connectivity index (χ1v) is 31.9. The highest BCUT2D eigenvalue weighted by molar-refractivity contribution is 7.47. The fourth-order valence-electron chi connectivity index (χ4n) is 7.74. The van der Waals surface area contributed by atoms with Crippen molar-refractivity contribution < 1.29 is 52.2 Å². The van der Waals surface area contributed by atoms with E-state index >= 15 is 0 Å². The predicted octanol–water partition coefficient (Wildman–Crippen LogP) is 18.4. The number of carbonyl (C=O) groups is 3. The van der Waals surface area contributed by atoms with E-state index < -0.39 is 57.8 Å². The molecule has 0 bridgehead atoms. The number of rotatable bonds is 55. The van der Waals surface area contributed by atoms with Gasteiger partial charge >= 0.3 is 25.7 Å². The zero-order chi connectivity index (χ0) is 56.9. The second-order valence-corrected chi connectivity index (χ2v) is 21.2. The fraction of sp³-hybridized carbons (Fsp3) is 0.652. The molecule has 0 aliphatic carbocycles. The van der Waals surface area contributed by atoms with Crippen molar-refractivity contribution in [2.45, 2.75) is 251 Å². The minimum absolute atomic E-state index is 0.0929. The van der Waals surface area contributed by atoms with Crippen LogP contribution in [0.15, 0.2) is 122 Å². The average molecular weight is 1110 g/mol. The molecule has 0 saturated heterocycles. The van der Waals surface area contributed by atoms with Gasteiger partial charge < -0.3 is 24.2 Å². The summed E-state index contributed by atoms with van der Waals surface area (Å²) in [6, 6.07) is 0. The quantitative estimate of drug-likeness (QED) is 0.0197. The number of ether oxygens (including phenoxy) is 3. The maximum atomic E-state index is 12.9. The van der Waals surface area contributed by atoms with Crippen LogP contribution in [0.25, 0.3) is 0 Å². The lowest BCUT2D eigenvalue weighted by molar-refractivity contribution is -0.161. The molecule has 444 valence electrons. The Hall–Kier alpha value is -4.12. The lowest BCUT2D eigenvalue weighted by Gasteiger charge is -2.21. The Morgan fingerprint density at radius 2 is 0.692 bits per heavy atom. The Morgan fingerprint density at radius 3 is 1.08 bits per heavy atom. The van der Waals surface area contributed by atoms with E-state index in [1.807, 2.05) is 12.2 Å².